The predicted molar refractivity (Wildman–Crippen MR) is 80.4 cm³/mol. The summed E-state index contributed by atoms with van der Waals surface area (Å²) < 4.78 is 4.59. The van der Waals surface area contributed by atoms with E-state index in [-0.39, 0.29) is 5.69 Å². The first-order valence-electron chi connectivity index (χ1n) is 7.18. The van der Waals surface area contributed by atoms with Gasteiger partial charge in [0.15, 0.2) is 5.69 Å². The number of nitrogens with one attached hydrogen (secondary N) is 1. The smallest absolute Gasteiger partial charge is 0.358 e. The van der Waals surface area contributed by atoms with Crippen LogP contribution in [-0.4, -0.2) is 78.9 Å². The molecular formula is C14H23N5O2. The molecule has 2 heterocycles. The minimum Gasteiger partial charge on any atom is -0.464 e. The maximum Gasteiger partial charge on any atom is 0.358 e. The van der Waals surface area contributed by atoms with E-state index in [0.29, 0.717) is 11.9 Å². The zero-order valence-corrected chi connectivity index (χ0v) is 12.9. The molecule has 1 aliphatic heterocycles. The molecule has 7 heteroatoms. The molecule has 0 spiro atoms. The average Bonchev–Trinajstić information content (AvgIpc) is 2.53. The number of carbonyl (C=O) groups excluding carboxylic acids is 1. The van der Waals surface area contributed by atoms with Crippen LogP contribution in [0.3, 0.4) is 0 Å². The van der Waals surface area contributed by atoms with E-state index >= 15 is 0 Å². The summed E-state index contributed by atoms with van der Waals surface area (Å²) in [5.41, 5.74) is 0.218. The van der Waals surface area contributed by atoms with E-state index in [4.69, 9.17) is 0 Å². The second-order valence-corrected chi connectivity index (χ2v) is 5.36. The van der Waals surface area contributed by atoms with Gasteiger partial charge >= 0.3 is 5.97 Å². The van der Waals surface area contributed by atoms with Crippen molar-refractivity contribution in [3.8, 4) is 0 Å². The lowest BCUT2D eigenvalue weighted by Crippen LogP contribution is -2.49. The van der Waals surface area contributed by atoms with Gasteiger partial charge in [-0.25, -0.2) is 4.79 Å². The molecule has 1 aromatic heterocycles. The van der Waals surface area contributed by atoms with E-state index in [0.717, 1.165) is 32.7 Å². The summed E-state index contributed by atoms with van der Waals surface area (Å²) in [6.07, 6.45) is 0. The maximum absolute atomic E-state index is 11.3. The fraction of sp³-hybridized carbons (Fsp3) is 0.643. The van der Waals surface area contributed by atoms with Gasteiger partial charge in [0.2, 0.25) is 0 Å². The molecule has 2 rings (SSSR count). The second-order valence-electron chi connectivity index (χ2n) is 5.36. The van der Waals surface area contributed by atoms with Crippen molar-refractivity contribution in [1.29, 1.82) is 0 Å². The lowest BCUT2D eigenvalue weighted by Gasteiger charge is -2.36. The van der Waals surface area contributed by atoms with Crippen LogP contribution in [0.4, 0.5) is 5.82 Å². The van der Waals surface area contributed by atoms with Crippen molar-refractivity contribution in [2.75, 3.05) is 52.2 Å². The lowest BCUT2D eigenvalue weighted by atomic mass is 10.2. The molecule has 1 aromatic rings. The molecule has 7 nitrogen and oxygen atoms in total. The number of nitrogens with zero attached hydrogens (tertiary/aromatic N) is 4. The third-order valence-corrected chi connectivity index (χ3v) is 3.80. The van der Waals surface area contributed by atoms with Crippen LogP contribution in [0.25, 0.3) is 0 Å². The number of ether oxygens (including phenoxy) is 1. The number of hydrogen-bond acceptors (Lipinski definition) is 7. The van der Waals surface area contributed by atoms with Gasteiger partial charge < -0.3 is 15.0 Å². The van der Waals surface area contributed by atoms with Gasteiger partial charge in [-0.3, -0.25) is 4.90 Å². The quantitative estimate of drug-likeness (QED) is 0.783. The molecule has 1 atom stereocenters. The van der Waals surface area contributed by atoms with Gasteiger partial charge in [-0.05, 0) is 26.1 Å². The lowest BCUT2D eigenvalue weighted by molar-refractivity contribution is 0.0592. The van der Waals surface area contributed by atoms with Gasteiger partial charge in [0.1, 0.15) is 5.82 Å². The third-order valence-electron chi connectivity index (χ3n) is 3.80. The Labute approximate surface area is 125 Å². The van der Waals surface area contributed by atoms with Crippen molar-refractivity contribution >= 4 is 11.8 Å². The third kappa shape index (κ3) is 4.37. The van der Waals surface area contributed by atoms with Gasteiger partial charge in [0.05, 0.1) is 7.11 Å². The summed E-state index contributed by atoms with van der Waals surface area (Å²) in [7, 11) is 3.48. The van der Waals surface area contributed by atoms with Crippen LogP contribution in [0.5, 0.6) is 0 Å². The van der Waals surface area contributed by atoms with Gasteiger partial charge in [0, 0.05) is 38.8 Å². The molecule has 21 heavy (non-hydrogen) atoms. The monoisotopic (exact) mass is 293 g/mol. The van der Waals surface area contributed by atoms with Crippen LogP contribution in [0, 0.1) is 0 Å². The van der Waals surface area contributed by atoms with Gasteiger partial charge in [-0.1, -0.05) is 0 Å². The van der Waals surface area contributed by atoms with Crippen LogP contribution in [0.2, 0.25) is 0 Å². The Morgan fingerprint density at radius 2 is 2.05 bits per heavy atom. The summed E-state index contributed by atoms with van der Waals surface area (Å²) in [5.74, 6) is 0.198. The molecular weight excluding hydrogens is 270 g/mol. The minimum atomic E-state index is -0.472. The van der Waals surface area contributed by atoms with E-state index in [1.807, 2.05) is 0 Å². The highest BCUT2D eigenvalue weighted by atomic mass is 16.5. The number of hydrogen-bond donors (Lipinski definition) is 1. The van der Waals surface area contributed by atoms with Crippen molar-refractivity contribution in [3.05, 3.63) is 17.8 Å². The van der Waals surface area contributed by atoms with E-state index in [9.17, 15) is 4.79 Å². The summed E-state index contributed by atoms with van der Waals surface area (Å²) in [6, 6.07) is 3.79. The normalized spacial score (nSPS) is 18.2. The Morgan fingerprint density at radius 1 is 1.33 bits per heavy atom. The Hall–Kier alpha value is -1.73. The van der Waals surface area contributed by atoms with Crippen LogP contribution < -0.4 is 5.32 Å². The molecule has 1 fully saturated rings. The van der Waals surface area contributed by atoms with Gasteiger partial charge in [-0.15, -0.1) is 10.2 Å². The predicted octanol–water partition coefficient (Wildman–Crippen LogP) is 0.311. The number of likely N-dealkylation sites (N-methyl/N-ethyl adjacent to an activating group) is 1. The highest BCUT2D eigenvalue weighted by molar-refractivity contribution is 5.86. The average molecular weight is 293 g/mol. The highest BCUT2D eigenvalue weighted by Gasteiger charge is 2.18. The first kappa shape index (κ1) is 15.7. The fourth-order valence-electron chi connectivity index (χ4n) is 2.28. The number of esters is 1. The Bertz CT molecular complexity index is 457. The van der Waals surface area contributed by atoms with Crippen molar-refractivity contribution in [2.24, 2.45) is 0 Å². The summed E-state index contributed by atoms with van der Waals surface area (Å²) in [5, 5.41) is 11.1. The first-order chi connectivity index (χ1) is 10.1. The molecule has 1 unspecified atom stereocenters. The van der Waals surface area contributed by atoms with Crippen molar-refractivity contribution in [2.45, 2.75) is 13.0 Å². The molecule has 1 aliphatic rings. The topological polar surface area (TPSA) is 70.6 Å². The second kappa shape index (κ2) is 7.33. The van der Waals surface area contributed by atoms with E-state index in [1.165, 1.54) is 7.11 Å². The van der Waals surface area contributed by atoms with Crippen LogP contribution in [0.15, 0.2) is 12.1 Å². The zero-order valence-electron chi connectivity index (χ0n) is 12.9. The number of aromatic nitrogens is 2. The van der Waals surface area contributed by atoms with E-state index in [2.05, 4.69) is 44.0 Å². The molecule has 116 valence electrons. The number of rotatable bonds is 5. The number of anilines is 1. The molecule has 1 saturated heterocycles. The first-order valence-corrected chi connectivity index (χ1v) is 7.18. The SMILES string of the molecule is COC(=O)c1ccc(NCC(C)N2CCN(C)CC2)nn1. The largest absolute Gasteiger partial charge is 0.464 e. The van der Waals surface area contributed by atoms with E-state index < -0.39 is 5.97 Å². The zero-order chi connectivity index (χ0) is 15.2. The Balaban J connectivity index is 1.81. The summed E-state index contributed by atoms with van der Waals surface area (Å²) >= 11 is 0. The van der Waals surface area contributed by atoms with Crippen molar-refractivity contribution < 1.29 is 9.53 Å². The van der Waals surface area contributed by atoms with Crippen LogP contribution in [0.1, 0.15) is 17.4 Å². The Morgan fingerprint density at radius 3 is 2.62 bits per heavy atom. The standard InChI is InChI=1S/C14H23N5O2/c1-11(19-8-6-18(2)7-9-19)10-15-13-5-4-12(16-17-13)14(20)21-3/h4-5,11H,6-10H2,1-3H3,(H,15,17). The van der Waals surface area contributed by atoms with E-state index in [1.54, 1.807) is 12.1 Å². The molecule has 0 radical (unpaired) electrons. The molecule has 0 bridgehead atoms. The molecule has 1 N–H and O–H groups in total. The molecule has 0 aliphatic carbocycles. The minimum absolute atomic E-state index is 0.218. The van der Waals surface area contributed by atoms with Crippen molar-refractivity contribution in [1.82, 2.24) is 20.0 Å². The maximum atomic E-state index is 11.3. The molecule has 0 aromatic carbocycles. The summed E-state index contributed by atoms with van der Waals surface area (Å²) in [4.78, 5) is 16.1. The molecule has 0 saturated carbocycles. The summed E-state index contributed by atoms with van der Waals surface area (Å²) in [6.45, 7) is 7.40. The number of carbonyl (C=O) groups is 1. The number of methoxy groups -OCH3 is 1. The van der Waals surface area contributed by atoms with Gasteiger partial charge in [0.25, 0.3) is 0 Å². The number of piperazine rings is 1. The van der Waals surface area contributed by atoms with Crippen LogP contribution in [-0.2, 0) is 4.74 Å². The fourth-order valence-corrected chi connectivity index (χ4v) is 2.28. The Kier molecular flexibility index (Phi) is 5.46. The molecule has 0 amide bonds. The van der Waals surface area contributed by atoms with Crippen molar-refractivity contribution in [3.63, 3.8) is 0 Å². The van der Waals surface area contributed by atoms with Gasteiger partial charge in [-0.2, -0.15) is 0 Å². The highest BCUT2D eigenvalue weighted by Crippen LogP contribution is 2.07. The van der Waals surface area contributed by atoms with Crippen LogP contribution >= 0.6 is 0 Å².